The average Bonchev–Trinajstić information content (AvgIpc) is 3.10. The van der Waals surface area contributed by atoms with Crippen LogP contribution < -0.4 is 0 Å². The molecule has 0 aliphatic carbocycles. The second-order valence-electron chi connectivity index (χ2n) is 7.95. The van der Waals surface area contributed by atoms with Gasteiger partial charge >= 0.3 is 147 Å². The van der Waals surface area contributed by atoms with Gasteiger partial charge in [0.05, 0.1) is 0 Å². The molecule has 3 saturated heterocycles. The molecule has 2 radical (unpaired) electrons. The normalized spacial score (nSPS) is 28.0. The van der Waals surface area contributed by atoms with Crippen LogP contribution in [0.15, 0.2) is 0 Å². The first-order chi connectivity index (χ1) is 10.5. The van der Waals surface area contributed by atoms with Crippen LogP contribution in [-0.2, 0) is 0 Å². The van der Waals surface area contributed by atoms with Crippen molar-refractivity contribution in [1.82, 2.24) is 20.9 Å². The Bertz CT molecular complexity index is 352. The molecule has 0 bridgehead atoms. The van der Waals surface area contributed by atoms with Crippen LogP contribution in [-0.4, -0.2) is 108 Å². The monoisotopic (exact) mass is 415 g/mol. The summed E-state index contributed by atoms with van der Waals surface area (Å²) < 4.78 is 5.56. The molecule has 3 rings (SSSR count). The van der Waals surface area contributed by atoms with Crippen molar-refractivity contribution in [2.24, 2.45) is 0 Å². The molecule has 0 amide bonds. The molecule has 0 saturated carbocycles. The van der Waals surface area contributed by atoms with Gasteiger partial charge in [0.1, 0.15) is 0 Å². The molecular formula is C16H33N5Sn. The van der Waals surface area contributed by atoms with Crippen molar-refractivity contribution in [3.8, 4) is 0 Å². The fourth-order valence-corrected chi connectivity index (χ4v) is 8.39. The topological polar surface area (TPSA) is 16.2 Å². The third kappa shape index (κ3) is 4.57. The Morgan fingerprint density at radius 3 is 2.14 bits per heavy atom. The van der Waals surface area contributed by atoms with E-state index in [1.807, 2.05) is 0 Å². The minimum atomic E-state index is -0.529. The number of hydrogen-bond acceptors (Lipinski definition) is 5. The van der Waals surface area contributed by atoms with Gasteiger partial charge in [-0.1, -0.05) is 0 Å². The van der Waals surface area contributed by atoms with Crippen molar-refractivity contribution in [3.63, 3.8) is 0 Å². The van der Waals surface area contributed by atoms with Crippen molar-refractivity contribution in [2.45, 2.75) is 45.1 Å². The SMILES string of the molecule is CN1CN(CC(C)(C)N2CCCC2)C[N]([Sn][N]2CCCC2)C1. The van der Waals surface area contributed by atoms with E-state index in [0.29, 0.717) is 5.54 Å². The standard InChI is InChI=1S/C12H25N4.C4H8N.Sn/c1-12(2,16-6-4-5-7-16)8-15-10-13-9-14(3)11-15;1-2-4-5-3-1;/h4-11H2,1-3H3;1-4H2;/q2*-1;+2. The van der Waals surface area contributed by atoms with Crippen LogP contribution >= 0.6 is 0 Å². The van der Waals surface area contributed by atoms with E-state index in [1.54, 1.807) is 0 Å². The van der Waals surface area contributed by atoms with Crippen molar-refractivity contribution in [2.75, 3.05) is 59.8 Å². The Morgan fingerprint density at radius 1 is 0.818 bits per heavy atom. The van der Waals surface area contributed by atoms with Crippen molar-refractivity contribution in [1.29, 1.82) is 0 Å². The molecule has 0 aromatic heterocycles. The molecule has 0 aromatic rings. The van der Waals surface area contributed by atoms with Crippen molar-refractivity contribution >= 4 is 21.7 Å². The molecule has 5 nitrogen and oxygen atoms in total. The van der Waals surface area contributed by atoms with Gasteiger partial charge in [-0.3, -0.25) is 0 Å². The Labute approximate surface area is 147 Å². The fourth-order valence-electron chi connectivity index (χ4n) is 4.16. The first kappa shape index (κ1) is 17.4. The van der Waals surface area contributed by atoms with Gasteiger partial charge in [0.15, 0.2) is 0 Å². The van der Waals surface area contributed by atoms with Gasteiger partial charge in [-0.15, -0.1) is 0 Å². The first-order valence-electron chi connectivity index (χ1n) is 8.95. The molecule has 126 valence electrons. The Kier molecular flexibility index (Phi) is 6.06. The maximum absolute atomic E-state index is 2.78. The molecule has 0 N–H and O–H groups in total. The van der Waals surface area contributed by atoms with Gasteiger partial charge in [-0.2, -0.15) is 0 Å². The second kappa shape index (κ2) is 7.66. The zero-order valence-electron chi connectivity index (χ0n) is 14.7. The number of likely N-dealkylation sites (tertiary alicyclic amines) is 1. The maximum atomic E-state index is 2.78. The van der Waals surface area contributed by atoms with E-state index < -0.39 is 21.7 Å². The Hall–Kier alpha value is 0.599. The van der Waals surface area contributed by atoms with Gasteiger partial charge in [-0.25, -0.2) is 0 Å². The van der Waals surface area contributed by atoms with Crippen molar-refractivity contribution < 1.29 is 0 Å². The minimum absolute atomic E-state index is 0.318. The van der Waals surface area contributed by atoms with E-state index >= 15 is 0 Å². The average molecular weight is 414 g/mol. The van der Waals surface area contributed by atoms with Crippen LogP contribution in [0.3, 0.4) is 0 Å². The predicted octanol–water partition coefficient (Wildman–Crippen LogP) is 0.913. The van der Waals surface area contributed by atoms with Gasteiger partial charge in [0.25, 0.3) is 0 Å². The van der Waals surface area contributed by atoms with Gasteiger partial charge in [0.2, 0.25) is 0 Å². The zero-order chi connectivity index (χ0) is 15.6. The summed E-state index contributed by atoms with van der Waals surface area (Å²) in [6.07, 6.45) is 5.63. The molecule has 6 heteroatoms. The van der Waals surface area contributed by atoms with E-state index in [0.717, 1.165) is 6.67 Å². The van der Waals surface area contributed by atoms with Crippen LogP contribution in [0.5, 0.6) is 0 Å². The van der Waals surface area contributed by atoms with E-state index in [1.165, 1.54) is 71.7 Å². The number of nitrogens with zero attached hydrogens (tertiary/aromatic N) is 5. The number of hydrogen-bond donors (Lipinski definition) is 0. The van der Waals surface area contributed by atoms with Crippen LogP contribution in [0, 0.1) is 0 Å². The summed E-state index contributed by atoms with van der Waals surface area (Å²) in [4.78, 5) is 7.88. The summed E-state index contributed by atoms with van der Waals surface area (Å²) in [5.74, 6) is 0. The summed E-state index contributed by atoms with van der Waals surface area (Å²) in [6, 6.07) is 0. The second-order valence-corrected chi connectivity index (χ2v) is 12.1. The summed E-state index contributed by atoms with van der Waals surface area (Å²) >= 11 is -0.529. The third-order valence-electron chi connectivity index (χ3n) is 5.19. The Balaban J connectivity index is 1.53. The summed E-state index contributed by atoms with van der Waals surface area (Å²) in [7, 11) is 2.28. The molecule has 0 spiro atoms. The first-order valence-corrected chi connectivity index (χ1v) is 11.5. The van der Waals surface area contributed by atoms with Crippen molar-refractivity contribution in [3.05, 3.63) is 0 Å². The molecule has 3 heterocycles. The molecule has 22 heavy (non-hydrogen) atoms. The van der Waals surface area contributed by atoms with E-state index in [4.69, 9.17) is 0 Å². The summed E-state index contributed by atoms with van der Waals surface area (Å²) in [5.41, 5.74) is 0.318. The van der Waals surface area contributed by atoms with Gasteiger partial charge in [0, 0.05) is 0 Å². The quantitative estimate of drug-likeness (QED) is 0.621. The van der Waals surface area contributed by atoms with Gasteiger partial charge in [-0.05, 0) is 0 Å². The molecule has 0 unspecified atom stereocenters. The summed E-state index contributed by atoms with van der Waals surface area (Å²) in [5, 5.41) is 0. The number of rotatable bonds is 5. The van der Waals surface area contributed by atoms with Gasteiger partial charge < -0.3 is 0 Å². The van der Waals surface area contributed by atoms with E-state index in [-0.39, 0.29) is 0 Å². The molecular weight excluding hydrogens is 381 g/mol. The van der Waals surface area contributed by atoms with E-state index in [2.05, 4.69) is 41.8 Å². The summed E-state index contributed by atoms with van der Waals surface area (Å²) in [6.45, 7) is 14.9. The predicted molar refractivity (Wildman–Crippen MR) is 92.4 cm³/mol. The van der Waals surface area contributed by atoms with E-state index in [9.17, 15) is 0 Å². The van der Waals surface area contributed by atoms with Crippen LogP contribution in [0.2, 0.25) is 0 Å². The molecule has 3 aliphatic rings. The fraction of sp³-hybridized carbons (Fsp3) is 1.00. The molecule has 0 aromatic carbocycles. The van der Waals surface area contributed by atoms with Crippen LogP contribution in [0.1, 0.15) is 39.5 Å². The van der Waals surface area contributed by atoms with Crippen LogP contribution in [0.4, 0.5) is 0 Å². The van der Waals surface area contributed by atoms with Crippen LogP contribution in [0.25, 0.3) is 0 Å². The third-order valence-corrected chi connectivity index (χ3v) is 8.88. The molecule has 3 aliphatic heterocycles. The molecule has 3 fully saturated rings. The molecule has 0 atom stereocenters. The zero-order valence-corrected chi connectivity index (χ0v) is 17.6. The Morgan fingerprint density at radius 2 is 1.45 bits per heavy atom.